The summed E-state index contributed by atoms with van der Waals surface area (Å²) in [6, 6.07) is 8.13. The van der Waals surface area contributed by atoms with E-state index in [4.69, 9.17) is 0 Å². The molecule has 3 nitrogen and oxygen atoms in total. The van der Waals surface area contributed by atoms with Crippen molar-refractivity contribution in [1.82, 2.24) is 4.31 Å². The molecule has 0 radical (unpaired) electrons. The Morgan fingerprint density at radius 2 is 1.93 bits per heavy atom. The number of alkyl halides is 1. The first-order valence-electron chi connectivity index (χ1n) is 4.80. The molecule has 1 aromatic rings. The molecule has 0 bridgehead atoms. The molecule has 2 rings (SSSR count). The Morgan fingerprint density at radius 1 is 1.27 bits per heavy atom. The van der Waals surface area contributed by atoms with Gasteiger partial charge >= 0.3 is 0 Å². The Hall–Kier alpha value is -0.940. The van der Waals surface area contributed by atoms with Gasteiger partial charge in [-0.2, -0.15) is 4.31 Å². The zero-order chi connectivity index (χ0) is 10.9. The molecule has 0 saturated carbocycles. The van der Waals surface area contributed by atoms with Crippen molar-refractivity contribution in [3.05, 3.63) is 30.3 Å². The summed E-state index contributed by atoms with van der Waals surface area (Å²) in [5.41, 5.74) is 0. The monoisotopic (exact) mass is 229 g/mol. The average Bonchev–Trinajstić information content (AvgIpc) is 2.67. The Labute approximate surface area is 88.6 Å². The quantitative estimate of drug-likeness (QED) is 0.769. The molecule has 1 aliphatic rings. The number of nitrogens with zero attached hydrogens (tertiary/aromatic N) is 1. The summed E-state index contributed by atoms with van der Waals surface area (Å²) in [5.74, 6) is 0. The van der Waals surface area contributed by atoms with Crippen LogP contribution in [0.25, 0.3) is 0 Å². The topological polar surface area (TPSA) is 37.4 Å². The summed E-state index contributed by atoms with van der Waals surface area (Å²) in [6.07, 6.45) is -0.727. The molecule has 0 amide bonds. The van der Waals surface area contributed by atoms with Crippen molar-refractivity contribution in [3.63, 3.8) is 0 Å². The van der Waals surface area contributed by atoms with Crippen LogP contribution in [0.15, 0.2) is 35.2 Å². The molecule has 0 unspecified atom stereocenters. The maximum atomic E-state index is 12.9. The van der Waals surface area contributed by atoms with E-state index >= 15 is 0 Å². The van der Waals surface area contributed by atoms with E-state index < -0.39 is 16.2 Å². The summed E-state index contributed by atoms with van der Waals surface area (Å²) < 4.78 is 38.0. The van der Waals surface area contributed by atoms with Crippen molar-refractivity contribution >= 4 is 10.0 Å². The van der Waals surface area contributed by atoms with Crippen molar-refractivity contribution in [3.8, 4) is 0 Å². The van der Waals surface area contributed by atoms with Gasteiger partial charge in [0.1, 0.15) is 6.17 Å². The van der Waals surface area contributed by atoms with Crippen LogP contribution in [-0.2, 0) is 10.0 Å². The fraction of sp³-hybridized carbons (Fsp3) is 0.400. The molecule has 82 valence electrons. The van der Waals surface area contributed by atoms with E-state index in [1.165, 1.54) is 16.4 Å². The first kappa shape index (κ1) is 10.6. The molecule has 0 aromatic heterocycles. The van der Waals surface area contributed by atoms with Gasteiger partial charge in [0.05, 0.1) is 4.90 Å². The van der Waals surface area contributed by atoms with Crippen LogP contribution in [0.1, 0.15) is 6.42 Å². The highest BCUT2D eigenvalue weighted by Crippen LogP contribution is 2.21. The zero-order valence-electron chi connectivity index (χ0n) is 8.14. The van der Waals surface area contributed by atoms with Gasteiger partial charge in [0.2, 0.25) is 10.0 Å². The molecule has 1 fully saturated rings. The summed E-state index contributed by atoms with van der Waals surface area (Å²) >= 11 is 0. The first-order chi connectivity index (χ1) is 7.10. The number of sulfonamides is 1. The standard InChI is InChI=1S/C10H12FNO2S/c11-9-6-7-12(8-9)15(13,14)10-4-2-1-3-5-10/h1-5,9H,6-8H2/t9-/m0/s1. The normalized spacial score (nSPS) is 23.1. The predicted molar refractivity (Wildman–Crippen MR) is 54.7 cm³/mol. The largest absolute Gasteiger partial charge is 0.246 e. The second-order valence-corrected chi connectivity index (χ2v) is 5.50. The zero-order valence-corrected chi connectivity index (χ0v) is 8.95. The third-order valence-electron chi connectivity index (χ3n) is 2.47. The summed E-state index contributed by atoms with van der Waals surface area (Å²) in [4.78, 5) is 0.235. The van der Waals surface area contributed by atoms with Crippen molar-refractivity contribution in [2.24, 2.45) is 0 Å². The average molecular weight is 229 g/mol. The summed E-state index contributed by atoms with van der Waals surface area (Å²) in [7, 11) is -3.48. The number of benzene rings is 1. The molecule has 1 heterocycles. The van der Waals surface area contributed by atoms with Crippen LogP contribution in [0.5, 0.6) is 0 Å². The van der Waals surface area contributed by atoms with Gasteiger partial charge in [-0.15, -0.1) is 0 Å². The molecule has 0 aliphatic carbocycles. The molecule has 0 spiro atoms. The summed E-state index contributed by atoms with van der Waals surface area (Å²) in [5, 5.41) is 0. The first-order valence-corrected chi connectivity index (χ1v) is 6.24. The van der Waals surface area contributed by atoms with Crippen LogP contribution in [0.4, 0.5) is 4.39 Å². The van der Waals surface area contributed by atoms with E-state index in [-0.39, 0.29) is 18.0 Å². The highest BCUT2D eigenvalue weighted by atomic mass is 32.2. The van der Waals surface area contributed by atoms with Crippen molar-refractivity contribution in [2.45, 2.75) is 17.5 Å². The predicted octanol–water partition coefficient (Wildman–Crippen LogP) is 1.42. The van der Waals surface area contributed by atoms with E-state index in [1.54, 1.807) is 18.2 Å². The fourth-order valence-corrected chi connectivity index (χ4v) is 3.15. The SMILES string of the molecule is O=S(=O)(c1ccccc1)N1CC[C@H](F)C1. The van der Waals surface area contributed by atoms with Gasteiger partial charge in [-0.05, 0) is 18.6 Å². The number of hydrogen-bond donors (Lipinski definition) is 0. The third kappa shape index (κ3) is 2.03. The Balaban J connectivity index is 2.28. The highest BCUT2D eigenvalue weighted by molar-refractivity contribution is 7.89. The molecule has 1 atom stereocenters. The van der Waals surface area contributed by atoms with Crippen LogP contribution >= 0.6 is 0 Å². The second-order valence-electron chi connectivity index (χ2n) is 3.56. The van der Waals surface area contributed by atoms with Crippen molar-refractivity contribution < 1.29 is 12.8 Å². The van der Waals surface area contributed by atoms with Gasteiger partial charge in [0.25, 0.3) is 0 Å². The lowest BCUT2D eigenvalue weighted by Gasteiger charge is -2.14. The smallest absolute Gasteiger partial charge is 0.243 e. The van der Waals surface area contributed by atoms with Crippen LogP contribution in [0.3, 0.4) is 0 Å². The lowest BCUT2D eigenvalue weighted by atomic mass is 10.4. The van der Waals surface area contributed by atoms with E-state index in [1.807, 2.05) is 0 Å². The Bertz CT molecular complexity index is 432. The number of rotatable bonds is 2. The van der Waals surface area contributed by atoms with Gasteiger partial charge < -0.3 is 0 Å². The molecule has 1 aliphatic heterocycles. The minimum Gasteiger partial charge on any atom is -0.246 e. The number of halogens is 1. The second kappa shape index (κ2) is 3.90. The van der Waals surface area contributed by atoms with Crippen molar-refractivity contribution in [1.29, 1.82) is 0 Å². The van der Waals surface area contributed by atoms with Gasteiger partial charge in [0, 0.05) is 13.1 Å². The van der Waals surface area contributed by atoms with Crippen molar-refractivity contribution in [2.75, 3.05) is 13.1 Å². The maximum Gasteiger partial charge on any atom is 0.243 e. The van der Waals surface area contributed by atoms with E-state index in [0.717, 1.165) is 0 Å². The molecular formula is C10H12FNO2S. The van der Waals surface area contributed by atoms with Crippen LogP contribution in [0.2, 0.25) is 0 Å². The highest BCUT2D eigenvalue weighted by Gasteiger charge is 2.32. The van der Waals surface area contributed by atoms with E-state index in [2.05, 4.69) is 0 Å². The lowest BCUT2D eigenvalue weighted by molar-refractivity contribution is 0.343. The summed E-state index contributed by atoms with van der Waals surface area (Å²) in [6.45, 7) is 0.260. The molecule has 1 saturated heterocycles. The molecule has 1 aromatic carbocycles. The van der Waals surface area contributed by atoms with Crippen LogP contribution in [-0.4, -0.2) is 32.0 Å². The van der Waals surface area contributed by atoms with Gasteiger partial charge in [-0.3, -0.25) is 0 Å². The molecule has 0 N–H and O–H groups in total. The van der Waals surface area contributed by atoms with E-state index in [9.17, 15) is 12.8 Å². The Kier molecular flexibility index (Phi) is 2.75. The fourth-order valence-electron chi connectivity index (χ4n) is 1.65. The van der Waals surface area contributed by atoms with Gasteiger partial charge in [-0.1, -0.05) is 18.2 Å². The minimum absolute atomic E-state index is 0.0166. The van der Waals surface area contributed by atoms with Gasteiger partial charge in [-0.25, -0.2) is 12.8 Å². The van der Waals surface area contributed by atoms with E-state index in [0.29, 0.717) is 6.42 Å². The van der Waals surface area contributed by atoms with Gasteiger partial charge in [0.15, 0.2) is 0 Å². The minimum atomic E-state index is -3.48. The third-order valence-corrected chi connectivity index (χ3v) is 4.35. The molecule has 5 heteroatoms. The van der Waals surface area contributed by atoms with Crippen LogP contribution < -0.4 is 0 Å². The van der Waals surface area contributed by atoms with Crippen LogP contribution in [0, 0.1) is 0 Å². The number of hydrogen-bond acceptors (Lipinski definition) is 2. The lowest BCUT2D eigenvalue weighted by Crippen LogP contribution is -2.29. The molecular weight excluding hydrogens is 217 g/mol. The molecule has 15 heavy (non-hydrogen) atoms. The Morgan fingerprint density at radius 3 is 2.47 bits per heavy atom. The maximum absolute atomic E-state index is 12.9.